The van der Waals surface area contributed by atoms with Crippen molar-refractivity contribution in [3.63, 3.8) is 0 Å². The maximum absolute atomic E-state index is 13.5. The van der Waals surface area contributed by atoms with Gasteiger partial charge in [0.25, 0.3) is 10.0 Å². The lowest BCUT2D eigenvalue weighted by molar-refractivity contribution is 0.172. The van der Waals surface area contributed by atoms with Crippen molar-refractivity contribution in [2.75, 3.05) is 6.54 Å². The molecule has 23 heavy (non-hydrogen) atoms. The number of benzene rings is 1. The van der Waals surface area contributed by atoms with Crippen molar-refractivity contribution in [3.05, 3.63) is 47.9 Å². The molecule has 1 atom stereocenters. The summed E-state index contributed by atoms with van der Waals surface area (Å²) in [6.07, 6.45) is 1.05. The van der Waals surface area contributed by atoms with E-state index in [2.05, 4.69) is 9.71 Å². The number of hydrogen-bond donors (Lipinski definition) is 2. The molecule has 0 saturated carbocycles. The number of aliphatic hydroxyl groups excluding tert-OH is 1. The van der Waals surface area contributed by atoms with Gasteiger partial charge in [0.05, 0.1) is 18.0 Å². The molecule has 2 rings (SSSR count). The number of nitrogens with one attached hydrogen (secondary N) is 1. The fourth-order valence-electron chi connectivity index (χ4n) is 1.93. The number of imidazole rings is 1. The van der Waals surface area contributed by atoms with Gasteiger partial charge < -0.3 is 9.67 Å². The van der Waals surface area contributed by atoms with Gasteiger partial charge in [-0.2, -0.15) is 0 Å². The van der Waals surface area contributed by atoms with Crippen molar-refractivity contribution in [1.29, 1.82) is 0 Å². The first-order valence-corrected chi connectivity index (χ1v) is 8.36. The molecule has 1 aromatic carbocycles. The van der Waals surface area contributed by atoms with Crippen LogP contribution in [0.4, 0.5) is 8.78 Å². The standard InChI is InChI=1S/C14H17F2N3O3S/c1-9(2)19-7-13(17-8-19)23(21,22)18-6-12(20)14-10(15)4-3-5-11(14)16/h3-5,7-9,12,18,20H,6H2,1-2H3. The third-order valence-corrected chi connectivity index (χ3v) is 4.56. The predicted octanol–water partition coefficient (Wildman–Crippen LogP) is 1.75. The van der Waals surface area contributed by atoms with E-state index in [9.17, 15) is 22.3 Å². The van der Waals surface area contributed by atoms with E-state index < -0.39 is 39.9 Å². The van der Waals surface area contributed by atoms with E-state index in [1.54, 1.807) is 4.57 Å². The maximum Gasteiger partial charge on any atom is 0.259 e. The third kappa shape index (κ3) is 3.92. The summed E-state index contributed by atoms with van der Waals surface area (Å²) in [6, 6.07) is 3.16. The fourth-order valence-corrected chi connectivity index (χ4v) is 2.90. The van der Waals surface area contributed by atoms with Crippen molar-refractivity contribution in [2.45, 2.75) is 31.0 Å². The summed E-state index contributed by atoms with van der Waals surface area (Å²) >= 11 is 0. The van der Waals surface area contributed by atoms with Crippen LogP contribution in [0.5, 0.6) is 0 Å². The topological polar surface area (TPSA) is 84.2 Å². The number of sulfonamides is 1. The maximum atomic E-state index is 13.5. The van der Waals surface area contributed by atoms with Gasteiger partial charge in [-0.25, -0.2) is 26.9 Å². The first kappa shape index (κ1) is 17.5. The van der Waals surface area contributed by atoms with Crippen LogP contribution >= 0.6 is 0 Å². The van der Waals surface area contributed by atoms with E-state index >= 15 is 0 Å². The molecule has 9 heteroatoms. The average molecular weight is 345 g/mol. The Morgan fingerprint density at radius 1 is 1.30 bits per heavy atom. The molecule has 0 aliphatic carbocycles. The molecular weight excluding hydrogens is 328 g/mol. The minimum Gasteiger partial charge on any atom is -0.387 e. The summed E-state index contributed by atoms with van der Waals surface area (Å²) < 4.78 is 55.0. The van der Waals surface area contributed by atoms with E-state index in [-0.39, 0.29) is 11.1 Å². The van der Waals surface area contributed by atoms with Crippen LogP contribution < -0.4 is 4.72 Å². The van der Waals surface area contributed by atoms with Gasteiger partial charge in [0, 0.05) is 18.8 Å². The van der Waals surface area contributed by atoms with Gasteiger partial charge in [0.15, 0.2) is 5.03 Å². The summed E-state index contributed by atoms with van der Waals surface area (Å²) in [7, 11) is -3.99. The van der Waals surface area contributed by atoms with Crippen LogP contribution in [0.15, 0.2) is 35.7 Å². The van der Waals surface area contributed by atoms with Gasteiger partial charge in [0.2, 0.25) is 0 Å². The first-order valence-electron chi connectivity index (χ1n) is 6.87. The van der Waals surface area contributed by atoms with Crippen molar-refractivity contribution in [2.24, 2.45) is 0 Å². The smallest absolute Gasteiger partial charge is 0.259 e. The monoisotopic (exact) mass is 345 g/mol. The van der Waals surface area contributed by atoms with Crippen molar-refractivity contribution in [1.82, 2.24) is 14.3 Å². The zero-order valence-corrected chi connectivity index (χ0v) is 13.4. The van der Waals surface area contributed by atoms with Gasteiger partial charge in [-0.3, -0.25) is 0 Å². The number of nitrogens with zero attached hydrogens (tertiary/aromatic N) is 2. The van der Waals surface area contributed by atoms with E-state index in [0.717, 1.165) is 18.2 Å². The highest BCUT2D eigenvalue weighted by atomic mass is 32.2. The van der Waals surface area contributed by atoms with Gasteiger partial charge in [-0.1, -0.05) is 6.07 Å². The summed E-state index contributed by atoms with van der Waals surface area (Å²) in [4.78, 5) is 3.78. The Balaban J connectivity index is 2.12. The quantitative estimate of drug-likeness (QED) is 0.835. The molecule has 1 heterocycles. The Labute approximate surface area is 132 Å². The molecule has 0 bridgehead atoms. The largest absolute Gasteiger partial charge is 0.387 e. The molecule has 2 N–H and O–H groups in total. The summed E-state index contributed by atoms with van der Waals surface area (Å²) in [5.41, 5.74) is -0.581. The molecule has 0 saturated heterocycles. The molecule has 0 aliphatic rings. The second-order valence-corrected chi connectivity index (χ2v) is 6.97. The van der Waals surface area contributed by atoms with Crippen LogP contribution in [-0.4, -0.2) is 29.6 Å². The molecule has 0 aliphatic heterocycles. The second-order valence-electron chi connectivity index (χ2n) is 5.26. The summed E-state index contributed by atoms with van der Waals surface area (Å²) in [6.45, 7) is 3.14. The minimum absolute atomic E-state index is 0.0320. The molecular formula is C14H17F2N3O3S. The summed E-state index contributed by atoms with van der Waals surface area (Å²) in [5, 5.41) is 9.62. The normalized spacial score (nSPS) is 13.5. The number of aromatic nitrogens is 2. The Kier molecular flexibility index (Phi) is 5.12. The Morgan fingerprint density at radius 2 is 1.91 bits per heavy atom. The van der Waals surface area contributed by atoms with E-state index in [1.165, 1.54) is 12.5 Å². The highest BCUT2D eigenvalue weighted by molar-refractivity contribution is 7.89. The van der Waals surface area contributed by atoms with Gasteiger partial charge in [0.1, 0.15) is 11.6 Å². The molecule has 1 aromatic heterocycles. The lowest BCUT2D eigenvalue weighted by Crippen LogP contribution is -2.29. The zero-order valence-electron chi connectivity index (χ0n) is 12.6. The van der Waals surface area contributed by atoms with Gasteiger partial charge in [-0.15, -0.1) is 0 Å². The molecule has 0 spiro atoms. The van der Waals surface area contributed by atoms with Crippen LogP contribution in [0, 0.1) is 11.6 Å². The zero-order chi connectivity index (χ0) is 17.2. The van der Waals surface area contributed by atoms with E-state index in [0.29, 0.717) is 0 Å². The Hall–Kier alpha value is -1.84. The predicted molar refractivity (Wildman–Crippen MR) is 79.1 cm³/mol. The van der Waals surface area contributed by atoms with Gasteiger partial charge in [-0.05, 0) is 26.0 Å². The minimum atomic E-state index is -3.99. The number of halogens is 2. The van der Waals surface area contributed by atoms with Crippen molar-refractivity contribution < 1.29 is 22.3 Å². The lowest BCUT2D eigenvalue weighted by atomic mass is 10.1. The number of aliphatic hydroxyl groups is 1. The molecule has 2 aromatic rings. The molecule has 0 amide bonds. The van der Waals surface area contributed by atoms with Crippen LogP contribution in [0.2, 0.25) is 0 Å². The third-order valence-electron chi connectivity index (χ3n) is 3.25. The Bertz CT molecular complexity index is 770. The van der Waals surface area contributed by atoms with Crippen molar-refractivity contribution >= 4 is 10.0 Å². The van der Waals surface area contributed by atoms with Crippen LogP contribution in [0.1, 0.15) is 31.6 Å². The second kappa shape index (κ2) is 6.73. The van der Waals surface area contributed by atoms with E-state index in [4.69, 9.17) is 0 Å². The SMILES string of the molecule is CC(C)n1cnc(S(=O)(=O)NCC(O)c2c(F)cccc2F)c1. The molecule has 6 nitrogen and oxygen atoms in total. The van der Waals surface area contributed by atoms with Crippen LogP contribution in [0.25, 0.3) is 0 Å². The van der Waals surface area contributed by atoms with Crippen LogP contribution in [-0.2, 0) is 10.0 Å². The number of hydrogen-bond acceptors (Lipinski definition) is 4. The van der Waals surface area contributed by atoms with Crippen molar-refractivity contribution in [3.8, 4) is 0 Å². The lowest BCUT2D eigenvalue weighted by Gasteiger charge is -2.13. The molecule has 0 radical (unpaired) electrons. The highest BCUT2D eigenvalue weighted by Crippen LogP contribution is 2.20. The molecule has 0 fully saturated rings. The number of rotatable bonds is 6. The van der Waals surface area contributed by atoms with E-state index in [1.807, 2.05) is 13.8 Å². The first-order chi connectivity index (χ1) is 10.7. The fraction of sp³-hybridized carbons (Fsp3) is 0.357. The average Bonchev–Trinajstić information content (AvgIpc) is 2.96. The van der Waals surface area contributed by atoms with Gasteiger partial charge >= 0.3 is 0 Å². The Morgan fingerprint density at radius 3 is 2.43 bits per heavy atom. The molecule has 1 unspecified atom stereocenters. The summed E-state index contributed by atoms with van der Waals surface area (Å²) in [5.74, 6) is -1.89. The highest BCUT2D eigenvalue weighted by Gasteiger charge is 2.23. The van der Waals surface area contributed by atoms with Crippen LogP contribution in [0.3, 0.4) is 0 Å². The molecule has 126 valence electrons.